The molecule has 0 radical (unpaired) electrons. The van der Waals surface area contributed by atoms with Crippen molar-refractivity contribution in [2.45, 2.75) is 31.5 Å². The number of rotatable bonds is 3. The summed E-state index contributed by atoms with van der Waals surface area (Å²) in [4.78, 5) is 0. The number of morpholine rings is 1. The van der Waals surface area contributed by atoms with E-state index in [1.54, 1.807) is 0 Å². The first kappa shape index (κ1) is 14.8. The molecule has 3 unspecified atom stereocenters. The Morgan fingerprint density at radius 3 is 2.48 bits per heavy atom. The second-order valence-electron chi connectivity index (χ2n) is 5.65. The summed E-state index contributed by atoms with van der Waals surface area (Å²) in [6.07, 6.45) is 1.14. The van der Waals surface area contributed by atoms with Gasteiger partial charge in [0.05, 0.1) is 12.7 Å². The highest BCUT2D eigenvalue weighted by Crippen LogP contribution is 2.27. The van der Waals surface area contributed by atoms with Crippen molar-refractivity contribution >= 4 is 15.9 Å². The van der Waals surface area contributed by atoms with Gasteiger partial charge in [-0.3, -0.25) is 0 Å². The summed E-state index contributed by atoms with van der Waals surface area (Å²) in [7, 11) is 0. The van der Waals surface area contributed by atoms with E-state index in [1.807, 2.05) is 0 Å². The molecule has 1 saturated heterocycles. The predicted molar refractivity (Wildman–Crippen MR) is 89.4 cm³/mol. The van der Waals surface area contributed by atoms with E-state index in [-0.39, 0.29) is 6.10 Å². The highest BCUT2D eigenvalue weighted by atomic mass is 79.9. The molecule has 2 nitrogen and oxygen atoms in total. The minimum absolute atomic E-state index is 0.130. The standard InChI is InChI=1S/C18H20BrNO/c1-13-18(15-7-9-16(19)10-8-15)21-12-17(20-13)11-14-5-3-2-4-6-14/h2-10,13,17-18,20H,11-12H2,1H3. The van der Waals surface area contributed by atoms with Crippen molar-refractivity contribution in [1.29, 1.82) is 0 Å². The van der Waals surface area contributed by atoms with E-state index in [0.717, 1.165) is 17.5 Å². The summed E-state index contributed by atoms with van der Waals surface area (Å²) in [6, 6.07) is 19.7. The molecule has 1 N–H and O–H groups in total. The molecule has 1 heterocycles. The molecule has 1 aliphatic rings. The smallest absolute Gasteiger partial charge is 0.0975 e. The Morgan fingerprint density at radius 2 is 1.81 bits per heavy atom. The van der Waals surface area contributed by atoms with Crippen LogP contribution < -0.4 is 5.32 Å². The molecule has 0 aliphatic carbocycles. The second-order valence-corrected chi connectivity index (χ2v) is 6.56. The van der Waals surface area contributed by atoms with Gasteiger partial charge in [0.1, 0.15) is 0 Å². The van der Waals surface area contributed by atoms with Crippen LogP contribution in [0, 0.1) is 0 Å². The van der Waals surface area contributed by atoms with Gasteiger partial charge in [-0.15, -0.1) is 0 Å². The molecule has 21 heavy (non-hydrogen) atoms. The molecule has 3 rings (SSSR count). The van der Waals surface area contributed by atoms with Crippen molar-refractivity contribution in [3.05, 3.63) is 70.2 Å². The SMILES string of the molecule is CC1NC(Cc2ccccc2)COC1c1ccc(Br)cc1. The van der Waals surface area contributed by atoms with Crippen molar-refractivity contribution < 1.29 is 4.74 Å². The molecule has 0 saturated carbocycles. The molecule has 3 heteroatoms. The van der Waals surface area contributed by atoms with Crippen molar-refractivity contribution in [2.75, 3.05) is 6.61 Å². The van der Waals surface area contributed by atoms with Gasteiger partial charge < -0.3 is 10.1 Å². The van der Waals surface area contributed by atoms with E-state index in [0.29, 0.717) is 12.1 Å². The molecule has 0 aromatic heterocycles. The molecular weight excluding hydrogens is 326 g/mol. The van der Waals surface area contributed by atoms with E-state index < -0.39 is 0 Å². The van der Waals surface area contributed by atoms with Crippen LogP contribution >= 0.6 is 15.9 Å². The molecule has 110 valence electrons. The number of halogens is 1. The number of hydrogen-bond donors (Lipinski definition) is 1. The summed E-state index contributed by atoms with van der Waals surface area (Å²) in [5.74, 6) is 0. The Hall–Kier alpha value is -1.16. The Balaban J connectivity index is 1.63. The number of nitrogens with one attached hydrogen (secondary N) is 1. The van der Waals surface area contributed by atoms with Gasteiger partial charge in [0.25, 0.3) is 0 Å². The Labute approximate surface area is 134 Å². The third kappa shape index (κ3) is 3.73. The highest BCUT2D eigenvalue weighted by Gasteiger charge is 2.28. The maximum Gasteiger partial charge on any atom is 0.0975 e. The molecule has 1 aliphatic heterocycles. The summed E-state index contributed by atoms with van der Waals surface area (Å²) >= 11 is 3.47. The van der Waals surface area contributed by atoms with Crippen molar-refractivity contribution in [3.63, 3.8) is 0 Å². The summed E-state index contributed by atoms with van der Waals surface area (Å²) < 4.78 is 7.22. The molecular formula is C18H20BrNO. The van der Waals surface area contributed by atoms with Gasteiger partial charge in [0.2, 0.25) is 0 Å². The largest absolute Gasteiger partial charge is 0.370 e. The van der Waals surface area contributed by atoms with Gasteiger partial charge in [-0.25, -0.2) is 0 Å². The zero-order valence-electron chi connectivity index (χ0n) is 12.1. The quantitative estimate of drug-likeness (QED) is 0.903. The van der Waals surface area contributed by atoms with Crippen LogP contribution in [0.4, 0.5) is 0 Å². The molecule has 0 bridgehead atoms. The van der Waals surface area contributed by atoms with Gasteiger partial charge in [0, 0.05) is 16.6 Å². The average Bonchev–Trinajstić information content (AvgIpc) is 2.50. The maximum atomic E-state index is 6.12. The summed E-state index contributed by atoms with van der Waals surface area (Å²) in [6.45, 7) is 2.95. The monoisotopic (exact) mass is 345 g/mol. The maximum absolute atomic E-state index is 6.12. The lowest BCUT2D eigenvalue weighted by Gasteiger charge is -2.36. The Bertz CT molecular complexity index is 570. The van der Waals surface area contributed by atoms with Crippen LogP contribution in [0.25, 0.3) is 0 Å². The fourth-order valence-electron chi connectivity index (χ4n) is 2.93. The first-order chi connectivity index (χ1) is 10.2. The van der Waals surface area contributed by atoms with Crippen molar-refractivity contribution in [1.82, 2.24) is 5.32 Å². The lowest BCUT2D eigenvalue weighted by atomic mass is 9.98. The van der Waals surface area contributed by atoms with Gasteiger partial charge >= 0.3 is 0 Å². The van der Waals surface area contributed by atoms with Gasteiger partial charge in [-0.1, -0.05) is 58.4 Å². The second kappa shape index (κ2) is 6.73. The first-order valence-corrected chi connectivity index (χ1v) is 8.19. The van der Waals surface area contributed by atoms with Crippen LogP contribution in [0.3, 0.4) is 0 Å². The van der Waals surface area contributed by atoms with Crippen LogP contribution in [-0.4, -0.2) is 18.7 Å². The number of ether oxygens (including phenoxy) is 1. The van der Waals surface area contributed by atoms with Crippen molar-refractivity contribution in [2.24, 2.45) is 0 Å². The van der Waals surface area contributed by atoms with E-state index in [2.05, 4.69) is 82.8 Å². The van der Waals surface area contributed by atoms with Gasteiger partial charge in [0.15, 0.2) is 0 Å². The zero-order chi connectivity index (χ0) is 14.7. The van der Waals surface area contributed by atoms with Crippen LogP contribution in [0.15, 0.2) is 59.1 Å². The lowest BCUT2D eigenvalue weighted by Crippen LogP contribution is -2.49. The fourth-order valence-corrected chi connectivity index (χ4v) is 3.19. The first-order valence-electron chi connectivity index (χ1n) is 7.39. The Morgan fingerprint density at radius 1 is 1.10 bits per heavy atom. The topological polar surface area (TPSA) is 21.3 Å². The summed E-state index contributed by atoms with van der Waals surface area (Å²) in [5.41, 5.74) is 2.59. The number of hydrogen-bond acceptors (Lipinski definition) is 2. The van der Waals surface area contributed by atoms with Crippen LogP contribution in [0.2, 0.25) is 0 Å². The zero-order valence-corrected chi connectivity index (χ0v) is 13.7. The third-order valence-corrected chi connectivity index (χ3v) is 4.48. The minimum Gasteiger partial charge on any atom is -0.370 e. The van der Waals surface area contributed by atoms with Gasteiger partial charge in [-0.2, -0.15) is 0 Å². The predicted octanol–water partition coefficient (Wildman–Crippen LogP) is 4.11. The van der Waals surface area contributed by atoms with E-state index in [1.165, 1.54) is 11.1 Å². The van der Waals surface area contributed by atoms with Crippen LogP contribution in [0.5, 0.6) is 0 Å². The Kier molecular flexibility index (Phi) is 4.73. The van der Waals surface area contributed by atoms with E-state index >= 15 is 0 Å². The molecule has 2 aromatic carbocycles. The van der Waals surface area contributed by atoms with Crippen LogP contribution in [0.1, 0.15) is 24.2 Å². The van der Waals surface area contributed by atoms with E-state index in [9.17, 15) is 0 Å². The normalized spacial score (nSPS) is 25.7. The number of benzene rings is 2. The molecule has 3 atom stereocenters. The third-order valence-electron chi connectivity index (χ3n) is 3.95. The van der Waals surface area contributed by atoms with Crippen molar-refractivity contribution in [3.8, 4) is 0 Å². The average molecular weight is 346 g/mol. The lowest BCUT2D eigenvalue weighted by molar-refractivity contribution is -0.0244. The minimum atomic E-state index is 0.130. The molecule has 1 fully saturated rings. The van der Waals surface area contributed by atoms with Crippen LogP contribution in [-0.2, 0) is 11.2 Å². The molecule has 0 spiro atoms. The van der Waals surface area contributed by atoms with E-state index in [4.69, 9.17) is 4.74 Å². The molecule has 0 amide bonds. The van der Waals surface area contributed by atoms with Gasteiger partial charge in [-0.05, 0) is 36.6 Å². The molecule has 2 aromatic rings. The fraction of sp³-hybridized carbons (Fsp3) is 0.333. The summed E-state index contributed by atoms with van der Waals surface area (Å²) in [5, 5.41) is 3.69. The highest BCUT2D eigenvalue weighted by molar-refractivity contribution is 9.10.